The number of methoxy groups -OCH3 is 1. The number of carbonyl (C=O) groups excluding carboxylic acids is 2. The Balaban J connectivity index is 2.19. The first-order chi connectivity index (χ1) is 9.61. The van der Waals surface area contributed by atoms with Crippen LogP contribution in [0.15, 0.2) is 48.5 Å². The van der Waals surface area contributed by atoms with Gasteiger partial charge in [0.2, 0.25) is 0 Å². The molecule has 0 fully saturated rings. The summed E-state index contributed by atoms with van der Waals surface area (Å²) in [5, 5.41) is 0.479. The minimum atomic E-state index is -0.285. The number of benzene rings is 2. The third-order valence-corrected chi connectivity index (χ3v) is 3.12. The molecule has 0 unspecified atom stereocenters. The van der Waals surface area contributed by atoms with Gasteiger partial charge in [0.05, 0.1) is 19.1 Å². The van der Waals surface area contributed by atoms with E-state index < -0.39 is 0 Å². The largest absolute Gasteiger partial charge is 0.496 e. The number of Topliss-reactive ketones (excluding diaryl/α,β-unsaturated/α-hetero) is 2. The van der Waals surface area contributed by atoms with E-state index in [2.05, 4.69) is 0 Å². The normalized spacial score (nSPS) is 10.1. The molecule has 0 saturated heterocycles. The van der Waals surface area contributed by atoms with Crippen molar-refractivity contribution in [3.8, 4) is 5.75 Å². The molecule has 0 spiro atoms. The van der Waals surface area contributed by atoms with Gasteiger partial charge < -0.3 is 4.74 Å². The molecule has 0 aliphatic carbocycles. The van der Waals surface area contributed by atoms with Crippen LogP contribution in [0.4, 0.5) is 0 Å². The Hall–Kier alpha value is -2.13. The summed E-state index contributed by atoms with van der Waals surface area (Å²) in [4.78, 5) is 24.2. The van der Waals surface area contributed by atoms with Crippen molar-refractivity contribution in [3.05, 3.63) is 64.7 Å². The minimum Gasteiger partial charge on any atom is -0.496 e. The van der Waals surface area contributed by atoms with Crippen LogP contribution in [0.1, 0.15) is 27.1 Å². The molecule has 4 heteroatoms. The highest BCUT2D eigenvalue weighted by Crippen LogP contribution is 2.24. The zero-order chi connectivity index (χ0) is 14.5. The van der Waals surface area contributed by atoms with Gasteiger partial charge in [-0.15, -0.1) is 0 Å². The second kappa shape index (κ2) is 6.35. The van der Waals surface area contributed by atoms with Crippen molar-refractivity contribution < 1.29 is 14.3 Å². The van der Waals surface area contributed by atoms with Gasteiger partial charge in [0.15, 0.2) is 11.6 Å². The molecule has 3 nitrogen and oxygen atoms in total. The van der Waals surface area contributed by atoms with Gasteiger partial charge >= 0.3 is 0 Å². The van der Waals surface area contributed by atoms with Crippen LogP contribution in [0.25, 0.3) is 0 Å². The maximum Gasteiger partial charge on any atom is 0.174 e. The van der Waals surface area contributed by atoms with Gasteiger partial charge in [-0.2, -0.15) is 0 Å². The average molecular weight is 289 g/mol. The van der Waals surface area contributed by atoms with Crippen molar-refractivity contribution in [2.75, 3.05) is 7.11 Å². The Kier molecular flexibility index (Phi) is 4.53. The average Bonchev–Trinajstić information content (AvgIpc) is 2.47. The Morgan fingerprint density at radius 1 is 1.05 bits per heavy atom. The third kappa shape index (κ3) is 3.25. The van der Waals surface area contributed by atoms with Crippen molar-refractivity contribution >= 4 is 23.2 Å². The molecule has 0 amide bonds. The first kappa shape index (κ1) is 14.3. The lowest BCUT2D eigenvalue weighted by Gasteiger charge is -2.07. The van der Waals surface area contributed by atoms with Crippen molar-refractivity contribution in [3.63, 3.8) is 0 Å². The third-order valence-electron chi connectivity index (χ3n) is 2.88. The van der Waals surface area contributed by atoms with E-state index in [0.29, 0.717) is 21.9 Å². The molecule has 2 rings (SSSR count). The molecular weight excluding hydrogens is 276 g/mol. The SMILES string of the molecule is COc1cc(Cl)ccc1C(=O)CC(=O)c1ccccc1. The van der Waals surface area contributed by atoms with Gasteiger partial charge in [-0.1, -0.05) is 41.9 Å². The maximum absolute atomic E-state index is 12.2. The highest BCUT2D eigenvalue weighted by Gasteiger charge is 2.17. The lowest BCUT2D eigenvalue weighted by molar-refractivity contribution is 0.0893. The minimum absolute atomic E-state index is 0.192. The zero-order valence-corrected chi connectivity index (χ0v) is 11.7. The van der Waals surface area contributed by atoms with Gasteiger partial charge in [0.1, 0.15) is 5.75 Å². The molecule has 2 aromatic carbocycles. The van der Waals surface area contributed by atoms with Crippen LogP contribution in [-0.4, -0.2) is 18.7 Å². The zero-order valence-electron chi connectivity index (χ0n) is 10.9. The van der Waals surface area contributed by atoms with Crippen molar-refractivity contribution in [1.29, 1.82) is 0 Å². The lowest BCUT2D eigenvalue weighted by atomic mass is 10.0. The van der Waals surface area contributed by atoms with E-state index in [-0.39, 0.29) is 18.0 Å². The number of ketones is 2. The topological polar surface area (TPSA) is 43.4 Å². The van der Waals surface area contributed by atoms with E-state index >= 15 is 0 Å². The van der Waals surface area contributed by atoms with Crippen molar-refractivity contribution in [2.24, 2.45) is 0 Å². The van der Waals surface area contributed by atoms with E-state index in [1.165, 1.54) is 7.11 Å². The predicted octanol–water partition coefficient (Wildman–Crippen LogP) is 3.80. The number of halogens is 1. The van der Waals surface area contributed by atoms with E-state index in [0.717, 1.165) is 0 Å². The molecule has 0 atom stereocenters. The molecule has 0 bridgehead atoms. The van der Waals surface area contributed by atoms with Crippen LogP contribution in [0.2, 0.25) is 5.02 Å². The van der Waals surface area contributed by atoms with Crippen molar-refractivity contribution in [1.82, 2.24) is 0 Å². The first-order valence-corrected chi connectivity index (χ1v) is 6.44. The molecule has 0 N–H and O–H groups in total. The standard InChI is InChI=1S/C16H13ClO3/c1-20-16-9-12(17)7-8-13(16)15(19)10-14(18)11-5-3-2-4-6-11/h2-9H,10H2,1H3. The molecule has 102 valence electrons. The Labute approximate surface area is 122 Å². The van der Waals surface area contributed by atoms with E-state index in [4.69, 9.17) is 16.3 Å². The van der Waals surface area contributed by atoms with Crippen molar-refractivity contribution in [2.45, 2.75) is 6.42 Å². The summed E-state index contributed by atoms with van der Waals surface area (Å²) in [6, 6.07) is 13.5. The summed E-state index contributed by atoms with van der Waals surface area (Å²) in [6.07, 6.45) is -0.192. The fourth-order valence-corrected chi connectivity index (χ4v) is 2.02. The first-order valence-electron chi connectivity index (χ1n) is 6.07. The van der Waals surface area contributed by atoms with Crippen LogP contribution >= 0.6 is 11.6 Å². The predicted molar refractivity (Wildman–Crippen MR) is 77.7 cm³/mol. The molecule has 0 heterocycles. The van der Waals surface area contributed by atoms with Gasteiger partial charge in [0.25, 0.3) is 0 Å². The van der Waals surface area contributed by atoms with E-state index in [9.17, 15) is 9.59 Å². The summed E-state index contributed by atoms with van der Waals surface area (Å²) in [7, 11) is 1.46. The summed E-state index contributed by atoms with van der Waals surface area (Å²) in [6.45, 7) is 0. The molecule has 0 saturated carbocycles. The fraction of sp³-hybridized carbons (Fsp3) is 0.125. The number of carbonyl (C=O) groups is 2. The molecule has 2 aromatic rings. The summed E-state index contributed by atoms with van der Waals surface area (Å²) in [5.41, 5.74) is 0.884. The van der Waals surface area contributed by atoms with E-state index in [1.807, 2.05) is 6.07 Å². The smallest absolute Gasteiger partial charge is 0.174 e. The molecule has 0 radical (unpaired) electrons. The summed E-state index contributed by atoms with van der Waals surface area (Å²) >= 11 is 5.84. The molecule has 0 aliphatic heterocycles. The van der Waals surface area contributed by atoms with Crippen LogP contribution in [0.3, 0.4) is 0 Å². The molecule has 0 aliphatic rings. The second-order valence-electron chi connectivity index (χ2n) is 4.23. The highest BCUT2D eigenvalue weighted by molar-refractivity contribution is 6.31. The summed E-state index contributed by atoms with van der Waals surface area (Å²) < 4.78 is 5.12. The Morgan fingerprint density at radius 2 is 1.75 bits per heavy atom. The number of rotatable bonds is 5. The monoisotopic (exact) mass is 288 g/mol. The van der Waals surface area contributed by atoms with Crippen LogP contribution in [-0.2, 0) is 0 Å². The maximum atomic E-state index is 12.2. The number of hydrogen-bond donors (Lipinski definition) is 0. The van der Waals surface area contributed by atoms with Crippen LogP contribution in [0.5, 0.6) is 5.75 Å². The van der Waals surface area contributed by atoms with Crippen LogP contribution in [0, 0.1) is 0 Å². The number of ether oxygens (including phenoxy) is 1. The van der Waals surface area contributed by atoms with Gasteiger partial charge in [0, 0.05) is 10.6 Å². The summed E-state index contributed by atoms with van der Waals surface area (Å²) in [5.74, 6) is -0.122. The van der Waals surface area contributed by atoms with Gasteiger partial charge in [-0.05, 0) is 18.2 Å². The quantitative estimate of drug-likeness (QED) is 0.621. The van der Waals surface area contributed by atoms with Gasteiger partial charge in [-0.3, -0.25) is 9.59 Å². The van der Waals surface area contributed by atoms with E-state index in [1.54, 1.807) is 42.5 Å². The molecule has 0 aromatic heterocycles. The molecular formula is C16H13ClO3. The number of hydrogen-bond acceptors (Lipinski definition) is 3. The van der Waals surface area contributed by atoms with Gasteiger partial charge in [-0.25, -0.2) is 0 Å². The second-order valence-corrected chi connectivity index (χ2v) is 4.67. The fourth-order valence-electron chi connectivity index (χ4n) is 1.86. The Bertz CT molecular complexity index is 635. The van der Waals surface area contributed by atoms with Crippen LogP contribution < -0.4 is 4.74 Å². The highest BCUT2D eigenvalue weighted by atomic mass is 35.5. The Morgan fingerprint density at radius 3 is 2.40 bits per heavy atom. The lowest BCUT2D eigenvalue weighted by Crippen LogP contribution is -2.09. The molecule has 20 heavy (non-hydrogen) atoms.